The first kappa shape index (κ1) is 21.6. The SMILES string of the molecule is CCCCCCCCCCCCC(C)OC(=O)c1cc(F)ccc1F. The van der Waals surface area contributed by atoms with Crippen LogP contribution in [0.1, 0.15) is 94.8 Å². The lowest BCUT2D eigenvalue weighted by atomic mass is 10.0. The molecule has 1 rings (SSSR count). The summed E-state index contributed by atoms with van der Waals surface area (Å²) in [6, 6.07) is 2.81. The van der Waals surface area contributed by atoms with Crippen LogP contribution in [-0.2, 0) is 4.74 Å². The van der Waals surface area contributed by atoms with E-state index in [-0.39, 0.29) is 11.7 Å². The van der Waals surface area contributed by atoms with Crippen molar-refractivity contribution in [3.63, 3.8) is 0 Å². The summed E-state index contributed by atoms with van der Waals surface area (Å²) in [4.78, 5) is 11.9. The average molecular weight is 354 g/mol. The van der Waals surface area contributed by atoms with E-state index in [1.165, 1.54) is 51.4 Å². The highest BCUT2D eigenvalue weighted by atomic mass is 19.1. The number of carbonyl (C=O) groups excluding carboxylic acids is 1. The predicted octanol–water partition coefficient (Wildman–Crippen LogP) is 6.82. The van der Waals surface area contributed by atoms with Gasteiger partial charge in [0.2, 0.25) is 0 Å². The molecule has 0 aliphatic rings. The van der Waals surface area contributed by atoms with Crippen LogP contribution in [0.5, 0.6) is 0 Å². The van der Waals surface area contributed by atoms with Gasteiger partial charge in [-0.05, 0) is 38.0 Å². The van der Waals surface area contributed by atoms with Gasteiger partial charge in [0, 0.05) is 0 Å². The molecule has 0 bridgehead atoms. The maximum atomic E-state index is 13.5. The molecule has 1 aromatic rings. The van der Waals surface area contributed by atoms with E-state index in [1.54, 1.807) is 6.92 Å². The summed E-state index contributed by atoms with van der Waals surface area (Å²) in [6.07, 6.45) is 13.0. The Labute approximate surface area is 151 Å². The molecule has 0 saturated heterocycles. The van der Waals surface area contributed by atoms with Crippen LogP contribution in [0.4, 0.5) is 8.78 Å². The molecule has 1 aromatic carbocycles. The van der Waals surface area contributed by atoms with Crippen molar-refractivity contribution in [2.24, 2.45) is 0 Å². The molecule has 4 heteroatoms. The molecule has 0 amide bonds. The first-order valence-electron chi connectivity index (χ1n) is 9.70. The lowest BCUT2D eigenvalue weighted by molar-refractivity contribution is 0.0313. The predicted molar refractivity (Wildman–Crippen MR) is 97.7 cm³/mol. The first-order chi connectivity index (χ1) is 12.0. The number of benzene rings is 1. The number of rotatable bonds is 13. The van der Waals surface area contributed by atoms with Gasteiger partial charge in [0.25, 0.3) is 0 Å². The lowest BCUT2D eigenvalue weighted by Gasteiger charge is -2.13. The second-order valence-electron chi connectivity index (χ2n) is 6.81. The van der Waals surface area contributed by atoms with Crippen molar-refractivity contribution >= 4 is 5.97 Å². The van der Waals surface area contributed by atoms with Crippen molar-refractivity contribution < 1.29 is 18.3 Å². The van der Waals surface area contributed by atoms with Crippen LogP contribution in [0.2, 0.25) is 0 Å². The Morgan fingerprint density at radius 1 is 0.960 bits per heavy atom. The monoisotopic (exact) mass is 354 g/mol. The van der Waals surface area contributed by atoms with E-state index in [0.29, 0.717) is 0 Å². The zero-order valence-corrected chi connectivity index (χ0v) is 15.7. The zero-order valence-electron chi connectivity index (χ0n) is 15.7. The van der Waals surface area contributed by atoms with Gasteiger partial charge in [-0.3, -0.25) is 0 Å². The van der Waals surface area contributed by atoms with E-state index >= 15 is 0 Å². The Morgan fingerprint density at radius 3 is 2.12 bits per heavy atom. The third-order valence-electron chi connectivity index (χ3n) is 4.42. The number of hydrogen-bond acceptors (Lipinski definition) is 2. The van der Waals surface area contributed by atoms with Gasteiger partial charge in [-0.1, -0.05) is 64.7 Å². The third kappa shape index (κ3) is 9.57. The van der Waals surface area contributed by atoms with Gasteiger partial charge in [-0.25, -0.2) is 13.6 Å². The van der Waals surface area contributed by atoms with Crippen LogP contribution < -0.4 is 0 Å². The van der Waals surface area contributed by atoms with Crippen LogP contribution in [0.25, 0.3) is 0 Å². The van der Waals surface area contributed by atoms with Crippen molar-refractivity contribution in [2.45, 2.75) is 90.6 Å². The molecular weight excluding hydrogens is 322 g/mol. The largest absolute Gasteiger partial charge is 0.459 e. The van der Waals surface area contributed by atoms with Crippen molar-refractivity contribution in [3.8, 4) is 0 Å². The molecule has 2 nitrogen and oxygen atoms in total. The molecular formula is C21H32F2O2. The fourth-order valence-corrected chi connectivity index (χ4v) is 2.88. The van der Waals surface area contributed by atoms with Gasteiger partial charge in [-0.2, -0.15) is 0 Å². The molecule has 0 aliphatic heterocycles. The molecule has 1 atom stereocenters. The van der Waals surface area contributed by atoms with Gasteiger partial charge >= 0.3 is 5.97 Å². The molecule has 0 aromatic heterocycles. The molecule has 0 N–H and O–H groups in total. The topological polar surface area (TPSA) is 26.3 Å². The van der Waals surface area contributed by atoms with E-state index in [1.807, 2.05) is 0 Å². The van der Waals surface area contributed by atoms with Gasteiger partial charge in [-0.15, -0.1) is 0 Å². The Kier molecular flexibility index (Phi) is 11.1. The van der Waals surface area contributed by atoms with Crippen molar-refractivity contribution in [1.29, 1.82) is 0 Å². The second kappa shape index (κ2) is 12.8. The minimum atomic E-state index is -0.795. The fraction of sp³-hybridized carbons (Fsp3) is 0.667. The molecule has 0 radical (unpaired) electrons. The number of halogens is 2. The molecule has 0 spiro atoms. The quantitative estimate of drug-likeness (QED) is 0.287. The van der Waals surface area contributed by atoms with Crippen molar-refractivity contribution in [3.05, 3.63) is 35.4 Å². The average Bonchev–Trinajstić information content (AvgIpc) is 2.58. The highest BCUT2D eigenvalue weighted by Crippen LogP contribution is 2.15. The molecule has 0 fully saturated rings. The number of hydrogen-bond donors (Lipinski definition) is 0. The van der Waals surface area contributed by atoms with Crippen LogP contribution in [0.15, 0.2) is 18.2 Å². The second-order valence-corrected chi connectivity index (χ2v) is 6.81. The number of unbranched alkanes of at least 4 members (excludes halogenated alkanes) is 9. The summed E-state index contributed by atoms with van der Waals surface area (Å²) in [5.41, 5.74) is -0.338. The third-order valence-corrected chi connectivity index (χ3v) is 4.42. The number of carbonyl (C=O) groups is 1. The smallest absolute Gasteiger partial charge is 0.341 e. The van der Waals surface area contributed by atoms with Gasteiger partial charge < -0.3 is 4.74 Å². The van der Waals surface area contributed by atoms with Crippen LogP contribution in [0.3, 0.4) is 0 Å². The normalized spacial score (nSPS) is 12.2. The van der Waals surface area contributed by atoms with Crippen LogP contribution in [0, 0.1) is 11.6 Å². The summed E-state index contributed by atoms with van der Waals surface area (Å²) in [7, 11) is 0. The summed E-state index contributed by atoms with van der Waals surface area (Å²) >= 11 is 0. The Hall–Kier alpha value is -1.45. The van der Waals surface area contributed by atoms with E-state index in [9.17, 15) is 13.6 Å². The first-order valence-corrected chi connectivity index (χ1v) is 9.70. The van der Waals surface area contributed by atoms with Gasteiger partial charge in [0.1, 0.15) is 11.6 Å². The fourth-order valence-electron chi connectivity index (χ4n) is 2.88. The lowest BCUT2D eigenvalue weighted by Crippen LogP contribution is -2.16. The molecule has 142 valence electrons. The molecule has 25 heavy (non-hydrogen) atoms. The van der Waals surface area contributed by atoms with Crippen molar-refractivity contribution in [1.82, 2.24) is 0 Å². The standard InChI is InChI=1S/C21H32F2O2/c1-3-4-5-6-7-8-9-10-11-12-13-17(2)25-21(24)19-16-18(22)14-15-20(19)23/h14-17H,3-13H2,1-2H3. The van der Waals surface area contributed by atoms with Gasteiger partial charge in [0.05, 0.1) is 11.7 Å². The summed E-state index contributed by atoms with van der Waals surface area (Å²) in [5.74, 6) is -2.19. The molecule has 0 saturated carbocycles. The Morgan fingerprint density at radius 2 is 1.52 bits per heavy atom. The number of esters is 1. The summed E-state index contributed by atoms with van der Waals surface area (Å²) in [6.45, 7) is 4.02. The van der Waals surface area contributed by atoms with Gasteiger partial charge in [0.15, 0.2) is 0 Å². The maximum Gasteiger partial charge on any atom is 0.341 e. The van der Waals surface area contributed by atoms with Crippen LogP contribution >= 0.6 is 0 Å². The highest BCUT2D eigenvalue weighted by molar-refractivity contribution is 5.89. The van der Waals surface area contributed by atoms with Crippen LogP contribution in [-0.4, -0.2) is 12.1 Å². The Bertz CT molecular complexity index is 503. The summed E-state index contributed by atoms with van der Waals surface area (Å²) < 4.78 is 31.8. The van der Waals surface area contributed by atoms with E-state index < -0.39 is 17.6 Å². The van der Waals surface area contributed by atoms with E-state index in [2.05, 4.69) is 6.92 Å². The number of ether oxygens (including phenoxy) is 1. The summed E-state index contributed by atoms with van der Waals surface area (Å²) in [5, 5.41) is 0. The maximum absolute atomic E-state index is 13.5. The van der Waals surface area contributed by atoms with E-state index in [4.69, 9.17) is 4.74 Å². The highest BCUT2D eigenvalue weighted by Gasteiger charge is 2.17. The molecule has 1 unspecified atom stereocenters. The van der Waals surface area contributed by atoms with Crippen molar-refractivity contribution in [2.75, 3.05) is 0 Å². The molecule has 0 heterocycles. The van der Waals surface area contributed by atoms with E-state index in [0.717, 1.165) is 37.5 Å². The Balaban J connectivity index is 2.10. The minimum absolute atomic E-state index is 0.288. The minimum Gasteiger partial charge on any atom is -0.459 e. The zero-order chi connectivity index (χ0) is 18.5. The molecule has 0 aliphatic carbocycles.